The van der Waals surface area contributed by atoms with Crippen LogP contribution >= 0.6 is 0 Å². The topological polar surface area (TPSA) is 57.5 Å². The molecule has 2 N–H and O–H groups in total. The van der Waals surface area contributed by atoms with Crippen molar-refractivity contribution in [2.45, 2.75) is 57.5 Å². The average Bonchev–Trinajstić information content (AvgIpc) is 2.37. The number of hydrogen-bond acceptors (Lipinski definition) is 2. The predicted molar refractivity (Wildman–Crippen MR) is 78.9 cm³/mol. The van der Waals surface area contributed by atoms with Crippen LogP contribution in [0, 0.1) is 5.92 Å². The van der Waals surface area contributed by atoms with Crippen LogP contribution in [-0.2, 0) is 10.2 Å². The van der Waals surface area contributed by atoms with Crippen molar-refractivity contribution < 1.29 is 15.0 Å². The van der Waals surface area contributed by atoms with Crippen molar-refractivity contribution >= 4 is 5.97 Å². The SMILES string of the molecule is CC(C)C(O)(C(=O)O)C1CCC(C)(C)c2ccccc21. The molecule has 1 aliphatic carbocycles. The Morgan fingerprint density at radius 2 is 1.95 bits per heavy atom. The van der Waals surface area contributed by atoms with Crippen LogP contribution in [0.5, 0.6) is 0 Å². The summed E-state index contributed by atoms with van der Waals surface area (Å²) in [6.07, 6.45) is 1.59. The molecular weight excluding hydrogens is 252 g/mol. The van der Waals surface area contributed by atoms with Gasteiger partial charge in [-0.2, -0.15) is 0 Å². The third kappa shape index (κ3) is 2.14. The predicted octanol–water partition coefficient (Wildman–Crippen LogP) is 3.31. The summed E-state index contributed by atoms with van der Waals surface area (Å²) < 4.78 is 0. The summed E-state index contributed by atoms with van der Waals surface area (Å²) in [7, 11) is 0. The summed E-state index contributed by atoms with van der Waals surface area (Å²) >= 11 is 0. The molecule has 1 aliphatic rings. The Morgan fingerprint density at radius 1 is 1.35 bits per heavy atom. The zero-order valence-corrected chi connectivity index (χ0v) is 12.7. The summed E-state index contributed by atoms with van der Waals surface area (Å²) in [5.74, 6) is -1.80. The van der Waals surface area contributed by atoms with E-state index in [9.17, 15) is 15.0 Å². The molecule has 2 unspecified atom stereocenters. The van der Waals surface area contributed by atoms with Crippen molar-refractivity contribution in [3.05, 3.63) is 35.4 Å². The first-order chi connectivity index (χ1) is 9.21. The molecule has 0 amide bonds. The van der Waals surface area contributed by atoms with E-state index in [0.717, 1.165) is 17.5 Å². The summed E-state index contributed by atoms with van der Waals surface area (Å²) in [6.45, 7) is 7.90. The second-order valence-electron chi connectivity index (χ2n) is 6.85. The molecule has 0 aromatic heterocycles. The maximum Gasteiger partial charge on any atom is 0.336 e. The first-order valence-electron chi connectivity index (χ1n) is 7.26. The number of aliphatic hydroxyl groups is 1. The molecule has 0 saturated carbocycles. The molecule has 110 valence electrons. The molecule has 1 aromatic carbocycles. The Morgan fingerprint density at radius 3 is 2.50 bits per heavy atom. The maximum atomic E-state index is 11.7. The molecule has 0 aliphatic heterocycles. The van der Waals surface area contributed by atoms with Gasteiger partial charge in [0, 0.05) is 5.92 Å². The summed E-state index contributed by atoms with van der Waals surface area (Å²) in [5.41, 5.74) is 0.481. The number of carboxylic acids is 1. The van der Waals surface area contributed by atoms with Gasteiger partial charge >= 0.3 is 5.97 Å². The van der Waals surface area contributed by atoms with Gasteiger partial charge < -0.3 is 10.2 Å². The van der Waals surface area contributed by atoms with Crippen molar-refractivity contribution in [3.8, 4) is 0 Å². The fourth-order valence-electron chi connectivity index (χ4n) is 3.47. The van der Waals surface area contributed by atoms with Gasteiger partial charge in [0.05, 0.1) is 0 Å². The van der Waals surface area contributed by atoms with E-state index < -0.39 is 11.6 Å². The van der Waals surface area contributed by atoms with E-state index in [1.807, 2.05) is 18.2 Å². The normalized spacial score (nSPS) is 24.0. The Balaban J connectivity index is 2.58. The van der Waals surface area contributed by atoms with E-state index in [4.69, 9.17) is 0 Å². The largest absolute Gasteiger partial charge is 0.479 e. The maximum absolute atomic E-state index is 11.7. The standard InChI is InChI=1S/C17H24O3/c1-11(2)17(20,15(18)19)14-9-10-16(3,4)13-8-6-5-7-12(13)14/h5-8,11,14,20H,9-10H2,1-4H3,(H,18,19). The van der Waals surface area contributed by atoms with Crippen molar-refractivity contribution in [2.24, 2.45) is 5.92 Å². The lowest BCUT2D eigenvalue weighted by molar-refractivity contribution is -0.167. The van der Waals surface area contributed by atoms with Crippen LogP contribution < -0.4 is 0 Å². The van der Waals surface area contributed by atoms with E-state index in [0.29, 0.717) is 6.42 Å². The lowest BCUT2D eigenvalue weighted by Gasteiger charge is -2.44. The highest BCUT2D eigenvalue weighted by atomic mass is 16.4. The highest BCUT2D eigenvalue weighted by Gasteiger charge is 2.50. The zero-order valence-electron chi connectivity index (χ0n) is 12.7. The van der Waals surface area contributed by atoms with E-state index in [2.05, 4.69) is 19.9 Å². The Labute approximate surface area is 120 Å². The van der Waals surface area contributed by atoms with Crippen molar-refractivity contribution in [1.82, 2.24) is 0 Å². The van der Waals surface area contributed by atoms with Crippen LogP contribution in [0.15, 0.2) is 24.3 Å². The second-order valence-corrected chi connectivity index (χ2v) is 6.85. The monoisotopic (exact) mass is 276 g/mol. The number of benzene rings is 1. The van der Waals surface area contributed by atoms with Gasteiger partial charge in [0.2, 0.25) is 0 Å². The number of fused-ring (bicyclic) bond motifs is 1. The van der Waals surface area contributed by atoms with Gasteiger partial charge in [-0.15, -0.1) is 0 Å². The molecule has 0 spiro atoms. The second kappa shape index (κ2) is 4.88. The molecule has 0 radical (unpaired) electrons. The molecule has 0 bridgehead atoms. The lowest BCUT2D eigenvalue weighted by atomic mass is 9.62. The number of carbonyl (C=O) groups is 1. The number of carboxylic acid groups (broad SMARTS) is 1. The molecule has 0 fully saturated rings. The molecule has 1 aromatic rings. The minimum Gasteiger partial charge on any atom is -0.479 e. The van der Waals surface area contributed by atoms with Gasteiger partial charge in [0.15, 0.2) is 5.60 Å². The number of hydrogen-bond donors (Lipinski definition) is 2. The minimum absolute atomic E-state index is 0.0312. The average molecular weight is 276 g/mol. The lowest BCUT2D eigenvalue weighted by Crippen LogP contribution is -2.51. The van der Waals surface area contributed by atoms with Gasteiger partial charge in [-0.1, -0.05) is 52.0 Å². The van der Waals surface area contributed by atoms with Crippen LogP contribution in [0.2, 0.25) is 0 Å². The Kier molecular flexibility index (Phi) is 3.67. The van der Waals surface area contributed by atoms with E-state index in [-0.39, 0.29) is 17.3 Å². The van der Waals surface area contributed by atoms with Crippen LogP contribution in [-0.4, -0.2) is 21.8 Å². The van der Waals surface area contributed by atoms with Crippen molar-refractivity contribution in [1.29, 1.82) is 0 Å². The zero-order chi connectivity index (χ0) is 15.1. The van der Waals surface area contributed by atoms with Gasteiger partial charge in [-0.3, -0.25) is 0 Å². The molecule has 2 atom stereocenters. The number of aliphatic carboxylic acids is 1. The van der Waals surface area contributed by atoms with Crippen LogP contribution in [0.3, 0.4) is 0 Å². The first-order valence-corrected chi connectivity index (χ1v) is 7.26. The summed E-state index contributed by atoms with van der Waals surface area (Å²) in [6, 6.07) is 7.94. The molecule has 2 rings (SSSR count). The van der Waals surface area contributed by atoms with Crippen molar-refractivity contribution in [2.75, 3.05) is 0 Å². The third-order valence-corrected chi connectivity index (χ3v) is 4.88. The fraction of sp³-hybridized carbons (Fsp3) is 0.588. The summed E-state index contributed by atoms with van der Waals surface area (Å²) in [5, 5.41) is 20.4. The Bertz CT molecular complexity index is 519. The van der Waals surface area contributed by atoms with Gasteiger partial charge in [-0.25, -0.2) is 4.79 Å². The van der Waals surface area contributed by atoms with E-state index in [1.165, 1.54) is 0 Å². The minimum atomic E-state index is -1.70. The van der Waals surface area contributed by atoms with Gasteiger partial charge in [0.25, 0.3) is 0 Å². The highest BCUT2D eigenvalue weighted by Crippen LogP contribution is 2.48. The fourth-order valence-corrected chi connectivity index (χ4v) is 3.47. The smallest absolute Gasteiger partial charge is 0.336 e. The third-order valence-electron chi connectivity index (χ3n) is 4.88. The first kappa shape index (κ1) is 15.0. The summed E-state index contributed by atoms with van der Waals surface area (Å²) in [4.78, 5) is 11.7. The Hall–Kier alpha value is -1.35. The van der Waals surface area contributed by atoms with Crippen molar-refractivity contribution in [3.63, 3.8) is 0 Å². The quantitative estimate of drug-likeness (QED) is 0.890. The van der Waals surface area contributed by atoms with Crippen LogP contribution in [0.4, 0.5) is 0 Å². The molecular formula is C17H24O3. The highest BCUT2D eigenvalue weighted by molar-refractivity contribution is 5.79. The molecule has 3 heteroatoms. The van der Waals surface area contributed by atoms with Gasteiger partial charge in [0.1, 0.15) is 0 Å². The number of rotatable bonds is 3. The molecule has 3 nitrogen and oxygen atoms in total. The van der Waals surface area contributed by atoms with Crippen LogP contribution in [0.25, 0.3) is 0 Å². The molecule has 0 saturated heterocycles. The van der Waals surface area contributed by atoms with Crippen LogP contribution in [0.1, 0.15) is 57.6 Å². The van der Waals surface area contributed by atoms with E-state index in [1.54, 1.807) is 13.8 Å². The molecule has 0 heterocycles. The van der Waals surface area contributed by atoms with Gasteiger partial charge in [-0.05, 0) is 35.3 Å². The van der Waals surface area contributed by atoms with E-state index >= 15 is 0 Å². The molecule has 20 heavy (non-hydrogen) atoms.